The topological polar surface area (TPSA) is 63.7 Å². The largest absolute Gasteiger partial charge is 0.380 e. The lowest BCUT2D eigenvalue weighted by molar-refractivity contribution is 0.0988. The highest BCUT2D eigenvalue weighted by molar-refractivity contribution is 7.89. The van der Waals surface area contributed by atoms with Crippen LogP contribution in [-0.2, 0) is 14.8 Å². The summed E-state index contributed by atoms with van der Waals surface area (Å²) in [5.41, 5.74) is 0.423. The Balaban J connectivity index is 2.94. The first kappa shape index (κ1) is 16.8. The van der Waals surface area contributed by atoms with Crippen LogP contribution in [0.3, 0.4) is 0 Å². The molecule has 0 saturated carbocycles. The van der Waals surface area contributed by atoms with Crippen LogP contribution < -0.4 is 0 Å². The molecular weight excluding hydrogens is 278 g/mol. The molecule has 1 aromatic rings. The molecule has 1 aromatic carbocycles. The number of likely N-dealkylation sites (N-methyl/N-ethyl adjacent to an activating group) is 1. The van der Waals surface area contributed by atoms with Crippen molar-refractivity contribution >= 4 is 15.8 Å². The fourth-order valence-corrected chi connectivity index (χ4v) is 2.87. The maximum atomic E-state index is 12.3. The van der Waals surface area contributed by atoms with Crippen LogP contribution in [-0.4, -0.2) is 45.3 Å². The Labute approximate surface area is 120 Å². The first-order valence-electron chi connectivity index (χ1n) is 6.60. The second-order valence-electron chi connectivity index (χ2n) is 4.33. The Bertz CT molecular complexity index is 554. The summed E-state index contributed by atoms with van der Waals surface area (Å²) in [7, 11) is -2.08. The normalized spacial score (nSPS) is 11.8. The Morgan fingerprint density at radius 2 is 2.00 bits per heavy atom. The molecule has 0 fully saturated rings. The second kappa shape index (κ2) is 7.52. The van der Waals surface area contributed by atoms with Crippen LogP contribution >= 0.6 is 0 Å². The lowest BCUT2D eigenvalue weighted by Crippen LogP contribution is -2.30. The molecule has 0 aliphatic heterocycles. The number of hydrogen-bond donors (Lipinski definition) is 0. The quantitative estimate of drug-likeness (QED) is 0.543. The van der Waals surface area contributed by atoms with Crippen molar-refractivity contribution in [1.82, 2.24) is 4.31 Å². The average molecular weight is 299 g/mol. The summed E-state index contributed by atoms with van der Waals surface area (Å²) >= 11 is 0. The average Bonchev–Trinajstić information content (AvgIpc) is 2.46. The molecule has 0 aromatic heterocycles. The molecule has 5 nitrogen and oxygen atoms in total. The number of nitrogens with zero attached hydrogens (tertiary/aromatic N) is 1. The van der Waals surface area contributed by atoms with Crippen molar-refractivity contribution in [1.29, 1.82) is 0 Å². The zero-order chi connectivity index (χ0) is 15.2. The van der Waals surface area contributed by atoms with E-state index in [2.05, 4.69) is 0 Å². The van der Waals surface area contributed by atoms with Gasteiger partial charge in [0, 0.05) is 32.2 Å². The second-order valence-corrected chi connectivity index (χ2v) is 6.37. The van der Waals surface area contributed by atoms with Gasteiger partial charge in [-0.2, -0.15) is 4.31 Å². The van der Waals surface area contributed by atoms with Gasteiger partial charge in [0.1, 0.15) is 0 Å². The highest BCUT2D eigenvalue weighted by atomic mass is 32.2. The summed E-state index contributed by atoms with van der Waals surface area (Å²) in [6, 6.07) is 6.15. The first-order chi connectivity index (χ1) is 9.43. The lowest BCUT2D eigenvalue weighted by atomic mass is 10.1. The van der Waals surface area contributed by atoms with Crippen molar-refractivity contribution in [2.24, 2.45) is 0 Å². The van der Waals surface area contributed by atoms with Crippen molar-refractivity contribution in [3.63, 3.8) is 0 Å². The van der Waals surface area contributed by atoms with E-state index in [0.29, 0.717) is 25.2 Å². The van der Waals surface area contributed by atoms with Crippen molar-refractivity contribution in [2.75, 3.05) is 26.8 Å². The van der Waals surface area contributed by atoms with Gasteiger partial charge in [-0.25, -0.2) is 8.42 Å². The van der Waals surface area contributed by atoms with E-state index >= 15 is 0 Å². The summed E-state index contributed by atoms with van der Waals surface area (Å²) < 4.78 is 31.1. The van der Waals surface area contributed by atoms with Crippen LogP contribution in [0.1, 0.15) is 30.6 Å². The molecule has 0 atom stereocenters. The minimum atomic E-state index is -3.58. The van der Waals surface area contributed by atoms with E-state index < -0.39 is 10.0 Å². The molecule has 0 N–H and O–H groups in total. The summed E-state index contributed by atoms with van der Waals surface area (Å²) in [5.74, 6) is -0.0704. The minimum absolute atomic E-state index is 0.0704. The number of ether oxygens (including phenoxy) is 1. The molecule has 0 aliphatic rings. The molecule has 6 heteroatoms. The van der Waals surface area contributed by atoms with Gasteiger partial charge in [0.25, 0.3) is 0 Å². The zero-order valence-electron chi connectivity index (χ0n) is 12.1. The zero-order valence-corrected chi connectivity index (χ0v) is 12.9. The smallest absolute Gasteiger partial charge is 0.242 e. The van der Waals surface area contributed by atoms with Gasteiger partial charge in [-0.05, 0) is 19.1 Å². The van der Waals surface area contributed by atoms with Crippen molar-refractivity contribution < 1.29 is 17.9 Å². The number of hydrogen-bond acceptors (Lipinski definition) is 4. The van der Waals surface area contributed by atoms with E-state index in [1.54, 1.807) is 19.1 Å². The molecule has 1 rings (SSSR count). The van der Waals surface area contributed by atoms with Gasteiger partial charge < -0.3 is 4.74 Å². The van der Waals surface area contributed by atoms with E-state index in [-0.39, 0.29) is 17.2 Å². The van der Waals surface area contributed by atoms with Crippen molar-refractivity contribution in [3.05, 3.63) is 29.8 Å². The number of carbonyl (C=O) groups is 1. The number of sulfonamides is 1. The van der Waals surface area contributed by atoms with Crippen LogP contribution in [0.5, 0.6) is 0 Å². The van der Waals surface area contributed by atoms with E-state index in [9.17, 15) is 13.2 Å². The predicted octanol–water partition coefficient (Wildman–Crippen LogP) is 1.94. The molecule has 0 saturated heterocycles. The van der Waals surface area contributed by atoms with Gasteiger partial charge >= 0.3 is 0 Å². The third kappa shape index (κ3) is 4.13. The SMILES string of the molecule is CCOCCN(C)S(=O)(=O)c1cccc(C(=O)CC)c1. The molecule has 0 spiro atoms. The minimum Gasteiger partial charge on any atom is -0.380 e. The predicted molar refractivity (Wildman–Crippen MR) is 77.4 cm³/mol. The van der Waals surface area contributed by atoms with E-state index in [0.717, 1.165) is 0 Å². The molecule has 0 radical (unpaired) electrons. The van der Waals surface area contributed by atoms with Crippen LogP contribution in [0.25, 0.3) is 0 Å². The van der Waals surface area contributed by atoms with Crippen LogP contribution in [0.15, 0.2) is 29.2 Å². The molecule has 112 valence electrons. The third-order valence-corrected chi connectivity index (χ3v) is 4.79. The molecule has 0 bridgehead atoms. The number of carbonyl (C=O) groups excluding carboxylic acids is 1. The van der Waals surface area contributed by atoms with Gasteiger partial charge in [-0.3, -0.25) is 4.79 Å². The van der Waals surface area contributed by atoms with Crippen LogP contribution in [0.2, 0.25) is 0 Å². The van der Waals surface area contributed by atoms with Crippen LogP contribution in [0.4, 0.5) is 0 Å². The number of rotatable bonds is 8. The maximum absolute atomic E-state index is 12.3. The third-order valence-electron chi connectivity index (χ3n) is 2.94. The van der Waals surface area contributed by atoms with Gasteiger partial charge in [0.2, 0.25) is 10.0 Å². The summed E-state index contributed by atoms with van der Waals surface area (Å²) in [4.78, 5) is 11.8. The Morgan fingerprint density at radius 1 is 1.30 bits per heavy atom. The molecule has 0 unspecified atom stereocenters. The Kier molecular flexibility index (Phi) is 6.32. The fourth-order valence-electron chi connectivity index (χ4n) is 1.67. The van der Waals surface area contributed by atoms with E-state index in [1.165, 1.54) is 23.5 Å². The molecule has 0 heterocycles. The van der Waals surface area contributed by atoms with E-state index in [1.807, 2.05) is 6.92 Å². The van der Waals surface area contributed by atoms with Gasteiger partial charge in [-0.15, -0.1) is 0 Å². The van der Waals surface area contributed by atoms with E-state index in [4.69, 9.17) is 4.74 Å². The van der Waals surface area contributed by atoms with Crippen molar-refractivity contribution in [3.8, 4) is 0 Å². The summed E-state index contributed by atoms with van der Waals surface area (Å²) in [5, 5.41) is 0. The first-order valence-corrected chi connectivity index (χ1v) is 8.04. The number of Topliss-reactive ketones (excluding diaryl/α,β-unsaturated/α-hetero) is 1. The standard InChI is InChI=1S/C14H21NO4S/c1-4-14(16)12-7-6-8-13(11-12)20(17,18)15(3)9-10-19-5-2/h6-8,11H,4-5,9-10H2,1-3H3. The fraction of sp³-hybridized carbons (Fsp3) is 0.500. The Hall–Kier alpha value is -1.24. The van der Waals surface area contributed by atoms with Gasteiger partial charge in [0.15, 0.2) is 5.78 Å². The Morgan fingerprint density at radius 3 is 2.60 bits per heavy atom. The summed E-state index contributed by atoms with van der Waals surface area (Å²) in [6.45, 7) is 4.78. The monoisotopic (exact) mass is 299 g/mol. The molecule has 0 amide bonds. The van der Waals surface area contributed by atoms with Gasteiger partial charge in [-0.1, -0.05) is 19.1 Å². The number of ketones is 1. The van der Waals surface area contributed by atoms with Crippen molar-refractivity contribution in [2.45, 2.75) is 25.2 Å². The number of benzene rings is 1. The van der Waals surface area contributed by atoms with Gasteiger partial charge in [0.05, 0.1) is 11.5 Å². The summed E-state index contributed by atoms with van der Waals surface area (Å²) in [6.07, 6.45) is 0.351. The molecule has 20 heavy (non-hydrogen) atoms. The lowest BCUT2D eigenvalue weighted by Gasteiger charge is -2.17. The molecule has 0 aliphatic carbocycles. The highest BCUT2D eigenvalue weighted by Gasteiger charge is 2.21. The maximum Gasteiger partial charge on any atom is 0.242 e. The molecular formula is C14H21NO4S. The highest BCUT2D eigenvalue weighted by Crippen LogP contribution is 2.16. The van der Waals surface area contributed by atoms with Crippen LogP contribution in [0, 0.1) is 0 Å².